The molecule has 0 radical (unpaired) electrons. The first-order chi connectivity index (χ1) is 14.1. The molecular formula is C21H22N2O3S3. The molecule has 1 aromatic heterocycles. The lowest BCUT2D eigenvalue weighted by molar-refractivity contribution is -0.115. The Bertz CT molecular complexity index is 1060. The van der Waals surface area contributed by atoms with Crippen LogP contribution in [0.25, 0.3) is 10.2 Å². The highest BCUT2D eigenvalue weighted by Gasteiger charge is 2.12. The number of benzene rings is 2. The van der Waals surface area contributed by atoms with Crippen LogP contribution in [0.5, 0.6) is 0 Å². The van der Waals surface area contributed by atoms with Crippen molar-refractivity contribution in [1.29, 1.82) is 0 Å². The van der Waals surface area contributed by atoms with E-state index in [0.717, 1.165) is 27.4 Å². The molecule has 0 aliphatic carbocycles. The number of aryl methyl sites for hydroxylation is 1. The van der Waals surface area contributed by atoms with Crippen molar-refractivity contribution in [2.45, 2.75) is 18.4 Å². The van der Waals surface area contributed by atoms with Gasteiger partial charge in [-0.25, -0.2) is 4.79 Å². The number of fused-ring (bicyclic) bond motifs is 1. The highest BCUT2D eigenvalue weighted by molar-refractivity contribution is 8.00. The van der Waals surface area contributed by atoms with Crippen molar-refractivity contribution in [2.75, 3.05) is 24.4 Å². The largest absolute Gasteiger partial charge is 0.462 e. The van der Waals surface area contributed by atoms with Crippen LogP contribution in [0.4, 0.5) is 0 Å². The summed E-state index contributed by atoms with van der Waals surface area (Å²) < 4.78 is 8.06. The molecule has 0 unspecified atom stereocenters. The Hall–Kier alpha value is -2.03. The van der Waals surface area contributed by atoms with Crippen LogP contribution in [0.2, 0.25) is 0 Å². The van der Waals surface area contributed by atoms with Crippen molar-refractivity contribution in [3.63, 3.8) is 0 Å². The minimum absolute atomic E-state index is 0.172. The predicted octanol–water partition coefficient (Wildman–Crippen LogP) is 4.46. The lowest BCUT2D eigenvalue weighted by Crippen LogP contribution is -2.18. The fraction of sp³-hybridized carbons (Fsp3) is 0.286. The van der Waals surface area contributed by atoms with E-state index >= 15 is 0 Å². The third kappa shape index (κ3) is 5.74. The molecule has 8 heteroatoms. The van der Waals surface area contributed by atoms with Gasteiger partial charge in [0.2, 0.25) is 0 Å². The zero-order chi connectivity index (χ0) is 20.6. The van der Waals surface area contributed by atoms with E-state index in [4.69, 9.17) is 4.74 Å². The molecule has 0 atom stereocenters. The topological polar surface area (TPSA) is 60.7 Å². The van der Waals surface area contributed by atoms with E-state index in [1.807, 2.05) is 48.7 Å². The molecule has 29 heavy (non-hydrogen) atoms. The number of aromatic nitrogens is 1. The first kappa shape index (κ1) is 21.7. The summed E-state index contributed by atoms with van der Waals surface area (Å²) in [6.07, 6.45) is 2.05. The molecular weight excluding hydrogens is 424 g/mol. The molecule has 152 valence electrons. The maximum atomic E-state index is 12.5. The first-order valence-corrected chi connectivity index (χ1v) is 12.4. The zero-order valence-corrected chi connectivity index (χ0v) is 18.7. The summed E-state index contributed by atoms with van der Waals surface area (Å²) in [4.78, 5) is 30.6. The van der Waals surface area contributed by atoms with Crippen LogP contribution in [-0.4, -0.2) is 40.8 Å². The van der Waals surface area contributed by atoms with Gasteiger partial charge in [0.05, 0.1) is 28.1 Å². The minimum atomic E-state index is -0.340. The number of carbonyl (C=O) groups is 2. The molecule has 0 aliphatic heterocycles. The number of esters is 1. The van der Waals surface area contributed by atoms with Gasteiger partial charge >= 0.3 is 5.97 Å². The second-order valence-corrected chi connectivity index (χ2v) is 9.08. The summed E-state index contributed by atoms with van der Waals surface area (Å²) in [7, 11) is 0. The molecule has 1 heterocycles. The van der Waals surface area contributed by atoms with E-state index in [2.05, 4.69) is 9.56 Å². The highest BCUT2D eigenvalue weighted by atomic mass is 32.2. The highest BCUT2D eigenvalue weighted by Crippen LogP contribution is 2.21. The molecule has 2 aromatic carbocycles. The molecule has 3 rings (SSSR count). The second kappa shape index (κ2) is 10.7. The summed E-state index contributed by atoms with van der Waals surface area (Å²) in [5.41, 5.74) is 1.48. The van der Waals surface area contributed by atoms with Crippen molar-refractivity contribution in [3.05, 3.63) is 58.9 Å². The molecule has 3 aromatic rings. The van der Waals surface area contributed by atoms with Crippen molar-refractivity contribution in [1.82, 2.24) is 4.57 Å². The Morgan fingerprint density at radius 2 is 1.97 bits per heavy atom. The molecule has 0 spiro atoms. The molecule has 0 fully saturated rings. The second-order valence-electron chi connectivity index (χ2n) is 6.04. The maximum absolute atomic E-state index is 12.5. The summed E-state index contributed by atoms with van der Waals surface area (Å²) in [6.45, 7) is 2.87. The van der Waals surface area contributed by atoms with Crippen LogP contribution in [0.3, 0.4) is 0 Å². The van der Waals surface area contributed by atoms with Gasteiger partial charge in [0.25, 0.3) is 5.91 Å². The fourth-order valence-electron chi connectivity index (χ4n) is 2.70. The Kier molecular flexibility index (Phi) is 7.97. The third-order valence-corrected chi connectivity index (χ3v) is 6.67. The monoisotopic (exact) mass is 446 g/mol. The van der Waals surface area contributed by atoms with Crippen LogP contribution in [0.1, 0.15) is 17.3 Å². The molecule has 0 saturated heterocycles. The molecule has 5 nitrogen and oxygen atoms in total. The van der Waals surface area contributed by atoms with Crippen LogP contribution >= 0.6 is 34.9 Å². The van der Waals surface area contributed by atoms with E-state index in [-0.39, 0.29) is 17.6 Å². The molecule has 0 N–H and O–H groups in total. The van der Waals surface area contributed by atoms with Gasteiger partial charge in [0.15, 0.2) is 4.80 Å². The van der Waals surface area contributed by atoms with E-state index in [0.29, 0.717) is 17.0 Å². The average molecular weight is 447 g/mol. The summed E-state index contributed by atoms with van der Waals surface area (Å²) in [5.74, 6) is 0.682. The lowest BCUT2D eigenvalue weighted by Gasteiger charge is -2.05. The van der Waals surface area contributed by atoms with Crippen LogP contribution in [0, 0.1) is 0 Å². The zero-order valence-electron chi connectivity index (χ0n) is 16.3. The Morgan fingerprint density at radius 3 is 2.69 bits per heavy atom. The average Bonchev–Trinajstić information content (AvgIpc) is 3.07. The number of carbonyl (C=O) groups excluding carboxylic acids is 2. The lowest BCUT2D eigenvalue weighted by atomic mass is 10.2. The number of rotatable bonds is 8. The van der Waals surface area contributed by atoms with Crippen molar-refractivity contribution < 1.29 is 14.3 Å². The van der Waals surface area contributed by atoms with Crippen molar-refractivity contribution in [2.24, 2.45) is 4.99 Å². The normalized spacial score (nSPS) is 11.7. The van der Waals surface area contributed by atoms with Crippen molar-refractivity contribution in [3.8, 4) is 0 Å². The standard InChI is InChI=1S/C21H22N2O3S3/c1-3-26-20(25)15-9-10-17-18(13-15)29-21(23(17)11-12-27-2)22-19(24)14-28-16-7-5-4-6-8-16/h4-10,13H,3,11-12,14H2,1-2H3. The number of nitrogens with zero attached hydrogens (tertiary/aromatic N) is 2. The smallest absolute Gasteiger partial charge is 0.338 e. The molecule has 1 amide bonds. The predicted molar refractivity (Wildman–Crippen MR) is 122 cm³/mol. The van der Waals surface area contributed by atoms with E-state index < -0.39 is 0 Å². The van der Waals surface area contributed by atoms with E-state index in [1.54, 1.807) is 24.8 Å². The van der Waals surface area contributed by atoms with Gasteiger partial charge in [-0.2, -0.15) is 16.8 Å². The first-order valence-electron chi connectivity index (χ1n) is 9.17. The Balaban J connectivity index is 1.90. The van der Waals surface area contributed by atoms with Crippen LogP contribution in [0.15, 0.2) is 58.4 Å². The molecule has 0 bridgehead atoms. The van der Waals surface area contributed by atoms with Gasteiger partial charge in [-0.1, -0.05) is 29.5 Å². The number of hydrogen-bond donors (Lipinski definition) is 0. The number of ether oxygens (including phenoxy) is 1. The number of amides is 1. The summed E-state index contributed by atoms with van der Waals surface area (Å²) in [5, 5.41) is 0. The van der Waals surface area contributed by atoms with Crippen LogP contribution < -0.4 is 4.80 Å². The Labute approximate surface area is 182 Å². The fourth-order valence-corrected chi connectivity index (χ4v) is 4.88. The SMILES string of the molecule is CCOC(=O)c1ccc2c(c1)sc(=NC(=O)CSc1ccccc1)n2CCSC. The quantitative estimate of drug-likeness (QED) is 0.378. The van der Waals surface area contributed by atoms with Gasteiger partial charge < -0.3 is 9.30 Å². The van der Waals surface area contributed by atoms with Crippen molar-refractivity contribution >= 4 is 57.0 Å². The van der Waals surface area contributed by atoms with Gasteiger partial charge in [0, 0.05) is 17.2 Å². The molecule has 0 saturated carbocycles. The summed E-state index contributed by atoms with van der Waals surface area (Å²) >= 11 is 4.64. The van der Waals surface area contributed by atoms with Gasteiger partial charge in [-0.05, 0) is 43.5 Å². The Morgan fingerprint density at radius 1 is 1.17 bits per heavy atom. The maximum Gasteiger partial charge on any atom is 0.338 e. The van der Waals surface area contributed by atoms with Gasteiger partial charge in [-0.3, -0.25) is 4.79 Å². The number of thiazole rings is 1. The number of hydrogen-bond acceptors (Lipinski definition) is 6. The summed E-state index contributed by atoms with van der Waals surface area (Å²) in [6, 6.07) is 15.3. The van der Waals surface area contributed by atoms with Gasteiger partial charge in [0.1, 0.15) is 0 Å². The minimum Gasteiger partial charge on any atom is -0.462 e. The number of thioether (sulfide) groups is 2. The van der Waals surface area contributed by atoms with Gasteiger partial charge in [-0.15, -0.1) is 11.8 Å². The van der Waals surface area contributed by atoms with E-state index in [9.17, 15) is 9.59 Å². The van der Waals surface area contributed by atoms with E-state index in [1.165, 1.54) is 23.1 Å². The molecule has 0 aliphatic rings. The van der Waals surface area contributed by atoms with Crippen LogP contribution in [-0.2, 0) is 16.1 Å². The third-order valence-electron chi connectivity index (χ3n) is 4.04.